The quantitative estimate of drug-likeness (QED) is 0.565. The number of hydrazine groups is 1. The Bertz CT molecular complexity index is 615. The minimum Gasteiger partial charge on any atom is -0.271 e. The number of nitrogens with one attached hydrogen (secondary N) is 1. The fourth-order valence-electron chi connectivity index (χ4n) is 1.61. The van der Waals surface area contributed by atoms with Gasteiger partial charge in [-0.1, -0.05) is 31.9 Å². The van der Waals surface area contributed by atoms with Crippen LogP contribution in [0.5, 0.6) is 0 Å². The second-order valence-corrected chi connectivity index (χ2v) is 6.66. The Kier molecular flexibility index (Phi) is 4.85. The van der Waals surface area contributed by atoms with Gasteiger partial charge >= 0.3 is 6.18 Å². The molecule has 0 aliphatic heterocycles. The topological polar surface area (TPSA) is 50.9 Å². The van der Waals surface area contributed by atoms with E-state index in [-0.39, 0.29) is 0 Å². The van der Waals surface area contributed by atoms with E-state index in [1.54, 1.807) is 12.1 Å². The molecule has 2 aromatic rings. The minimum absolute atomic E-state index is 0.388. The summed E-state index contributed by atoms with van der Waals surface area (Å²) in [4.78, 5) is 3.79. The summed E-state index contributed by atoms with van der Waals surface area (Å²) in [5.74, 6) is 5.49. The summed E-state index contributed by atoms with van der Waals surface area (Å²) in [6.07, 6.45) is -3.26. The van der Waals surface area contributed by atoms with Gasteiger partial charge in [-0.2, -0.15) is 13.2 Å². The molecule has 1 aromatic heterocycles. The Labute approximate surface area is 133 Å². The molecule has 0 amide bonds. The molecule has 20 heavy (non-hydrogen) atoms. The van der Waals surface area contributed by atoms with E-state index < -0.39 is 17.2 Å². The minimum atomic E-state index is -4.45. The predicted octanol–water partition coefficient (Wildman–Crippen LogP) is 4.24. The Morgan fingerprint density at radius 3 is 2.55 bits per heavy atom. The molecule has 0 bridgehead atoms. The van der Waals surface area contributed by atoms with Gasteiger partial charge in [-0.05, 0) is 23.8 Å². The predicted molar refractivity (Wildman–Crippen MR) is 78.1 cm³/mol. The number of halogens is 5. The van der Waals surface area contributed by atoms with E-state index in [0.717, 1.165) is 14.5 Å². The number of thiazole rings is 1. The molecule has 2 rings (SSSR count). The van der Waals surface area contributed by atoms with Crippen LogP contribution in [0, 0.1) is 0 Å². The van der Waals surface area contributed by atoms with Crippen molar-refractivity contribution in [2.75, 3.05) is 0 Å². The van der Waals surface area contributed by atoms with Crippen molar-refractivity contribution in [1.82, 2.24) is 10.4 Å². The Balaban J connectivity index is 2.42. The lowest BCUT2D eigenvalue weighted by atomic mass is 10.1. The van der Waals surface area contributed by atoms with E-state index in [1.807, 2.05) is 6.07 Å². The molecule has 0 saturated heterocycles. The van der Waals surface area contributed by atoms with Gasteiger partial charge in [-0.25, -0.2) is 10.4 Å². The molecule has 0 fully saturated rings. The normalized spacial score (nSPS) is 13.5. The first-order valence-electron chi connectivity index (χ1n) is 5.27. The zero-order valence-corrected chi connectivity index (χ0v) is 13.7. The highest BCUT2D eigenvalue weighted by molar-refractivity contribution is 9.11. The molecule has 0 radical (unpaired) electrons. The highest BCUT2D eigenvalue weighted by atomic mass is 79.9. The van der Waals surface area contributed by atoms with Crippen molar-refractivity contribution in [3.63, 3.8) is 0 Å². The van der Waals surface area contributed by atoms with Crippen LogP contribution >= 0.6 is 43.2 Å². The van der Waals surface area contributed by atoms with Crippen molar-refractivity contribution in [3.05, 3.63) is 48.8 Å². The highest BCUT2D eigenvalue weighted by Crippen LogP contribution is 2.37. The summed E-state index contributed by atoms with van der Waals surface area (Å²) in [7, 11) is 0. The Morgan fingerprint density at radius 1 is 1.30 bits per heavy atom. The van der Waals surface area contributed by atoms with Gasteiger partial charge in [0, 0.05) is 20.0 Å². The lowest BCUT2D eigenvalue weighted by Crippen LogP contribution is -2.28. The molecule has 0 aliphatic carbocycles. The van der Waals surface area contributed by atoms with Crippen LogP contribution in [-0.2, 0) is 6.18 Å². The van der Waals surface area contributed by atoms with Crippen LogP contribution in [0.25, 0.3) is 0 Å². The molecule has 1 aromatic carbocycles. The fourth-order valence-corrected chi connectivity index (χ4v) is 3.33. The SMILES string of the molecule is NNC(c1cnc(C(F)(F)F)s1)c1cc(Br)ccc1Br. The Hall–Kier alpha value is -0.480. The van der Waals surface area contributed by atoms with Crippen molar-refractivity contribution in [2.45, 2.75) is 12.2 Å². The van der Waals surface area contributed by atoms with Crippen molar-refractivity contribution in [1.29, 1.82) is 0 Å². The zero-order chi connectivity index (χ0) is 14.9. The van der Waals surface area contributed by atoms with E-state index in [9.17, 15) is 13.2 Å². The molecule has 1 atom stereocenters. The van der Waals surface area contributed by atoms with Crippen LogP contribution in [0.15, 0.2) is 33.3 Å². The monoisotopic (exact) mass is 429 g/mol. The molecule has 0 saturated carbocycles. The van der Waals surface area contributed by atoms with E-state index in [2.05, 4.69) is 42.3 Å². The molecule has 1 heterocycles. The number of nitrogens with two attached hydrogens (primary N) is 1. The molecule has 0 spiro atoms. The van der Waals surface area contributed by atoms with E-state index in [4.69, 9.17) is 5.84 Å². The first-order valence-corrected chi connectivity index (χ1v) is 7.67. The second-order valence-electron chi connectivity index (χ2n) is 3.83. The summed E-state index contributed by atoms with van der Waals surface area (Å²) < 4.78 is 39.3. The Morgan fingerprint density at radius 2 is 2.00 bits per heavy atom. The first-order chi connectivity index (χ1) is 9.32. The maximum absolute atomic E-state index is 12.6. The zero-order valence-electron chi connectivity index (χ0n) is 9.71. The standard InChI is InChI=1S/C11H8Br2F3N3S/c12-5-1-2-7(13)6(3-5)9(19-17)8-4-18-10(20-8)11(14,15)16/h1-4,9,19H,17H2. The van der Waals surface area contributed by atoms with E-state index in [0.29, 0.717) is 16.2 Å². The van der Waals surface area contributed by atoms with Gasteiger partial charge in [0.05, 0.1) is 6.04 Å². The maximum Gasteiger partial charge on any atom is 0.443 e. The van der Waals surface area contributed by atoms with E-state index >= 15 is 0 Å². The third kappa shape index (κ3) is 3.40. The summed E-state index contributed by atoms with van der Waals surface area (Å²) in [6.45, 7) is 0. The lowest BCUT2D eigenvalue weighted by molar-refractivity contribution is -0.137. The smallest absolute Gasteiger partial charge is 0.271 e. The third-order valence-corrected chi connectivity index (χ3v) is 4.81. The van der Waals surface area contributed by atoms with Gasteiger partial charge in [0.2, 0.25) is 0 Å². The first kappa shape index (κ1) is 15.9. The molecule has 3 N–H and O–H groups in total. The molecule has 9 heteroatoms. The van der Waals surface area contributed by atoms with Crippen LogP contribution < -0.4 is 11.3 Å². The van der Waals surface area contributed by atoms with Gasteiger partial charge < -0.3 is 0 Å². The van der Waals surface area contributed by atoms with Crippen molar-refractivity contribution in [3.8, 4) is 0 Å². The van der Waals surface area contributed by atoms with Crippen LogP contribution in [0.1, 0.15) is 21.5 Å². The molecule has 1 unspecified atom stereocenters. The van der Waals surface area contributed by atoms with Crippen LogP contribution in [-0.4, -0.2) is 4.98 Å². The summed E-state index contributed by atoms with van der Waals surface area (Å²) >= 11 is 7.25. The molecule has 0 aliphatic rings. The van der Waals surface area contributed by atoms with Gasteiger partial charge in [0.25, 0.3) is 0 Å². The number of nitrogens with zero attached hydrogens (tertiary/aromatic N) is 1. The number of benzene rings is 1. The van der Waals surface area contributed by atoms with Crippen LogP contribution in [0.3, 0.4) is 0 Å². The number of aromatic nitrogens is 1. The molecular formula is C11H8Br2F3N3S. The van der Waals surface area contributed by atoms with Gasteiger partial charge in [0.15, 0.2) is 5.01 Å². The maximum atomic E-state index is 12.6. The fraction of sp³-hybridized carbons (Fsp3) is 0.182. The molecule has 108 valence electrons. The van der Waals surface area contributed by atoms with Crippen molar-refractivity contribution >= 4 is 43.2 Å². The number of hydrogen-bond donors (Lipinski definition) is 2. The average Bonchev–Trinajstić information content (AvgIpc) is 2.84. The van der Waals surface area contributed by atoms with Gasteiger partial charge in [0.1, 0.15) is 0 Å². The van der Waals surface area contributed by atoms with Crippen LogP contribution in [0.4, 0.5) is 13.2 Å². The summed E-state index contributed by atoms with van der Waals surface area (Å²) in [5.41, 5.74) is 3.24. The van der Waals surface area contributed by atoms with Gasteiger partial charge in [-0.3, -0.25) is 5.84 Å². The number of hydrogen-bond acceptors (Lipinski definition) is 4. The summed E-state index contributed by atoms with van der Waals surface area (Å²) in [6, 6.07) is 4.81. The molecular weight excluding hydrogens is 423 g/mol. The highest BCUT2D eigenvalue weighted by Gasteiger charge is 2.35. The molecule has 3 nitrogen and oxygen atoms in total. The average molecular weight is 431 g/mol. The van der Waals surface area contributed by atoms with Gasteiger partial charge in [-0.15, -0.1) is 11.3 Å². The third-order valence-electron chi connectivity index (χ3n) is 2.49. The van der Waals surface area contributed by atoms with E-state index in [1.165, 1.54) is 6.20 Å². The lowest BCUT2D eigenvalue weighted by Gasteiger charge is -2.16. The summed E-state index contributed by atoms with van der Waals surface area (Å²) in [5, 5.41) is -0.890. The van der Waals surface area contributed by atoms with Crippen molar-refractivity contribution in [2.24, 2.45) is 5.84 Å². The second kappa shape index (κ2) is 6.10. The largest absolute Gasteiger partial charge is 0.443 e. The number of alkyl halides is 3. The van der Waals surface area contributed by atoms with Crippen LogP contribution in [0.2, 0.25) is 0 Å². The number of rotatable bonds is 3. The van der Waals surface area contributed by atoms with Crippen molar-refractivity contribution < 1.29 is 13.2 Å².